The van der Waals surface area contributed by atoms with Gasteiger partial charge >= 0.3 is 0 Å². The number of hydrogen-bond donors (Lipinski definition) is 2. The fourth-order valence-electron chi connectivity index (χ4n) is 1.57. The summed E-state index contributed by atoms with van der Waals surface area (Å²) >= 11 is 6.07. The van der Waals surface area contributed by atoms with E-state index < -0.39 is 0 Å². The van der Waals surface area contributed by atoms with Gasteiger partial charge in [-0.3, -0.25) is 4.79 Å². The number of hydrogen-bond acceptors (Lipinski definition) is 2. The topological polar surface area (TPSA) is 41.1 Å². The second-order valence-corrected chi connectivity index (χ2v) is 4.54. The lowest BCUT2D eigenvalue weighted by Crippen LogP contribution is -2.25. The highest BCUT2D eigenvalue weighted by molar-refractivity contribution is 6.32. The summed E-state index contributed by atoms with van der Waals surface area (Å²) in [6.07, 6.45) is 2.18. The van der Waals surface area contributed by atoms with Gasteiger partial charge in [0.25, 0.3) is 5.91 Å². The second kappa shape index (κ2) is 4.34. The molecule has 1 amide bonds. The molecule has 0 bridgehead atoms. The lowest BCUT2D eigenvalue weighted by Gasteiger charge is -2.10. The minimum atomic E-state index is -0.0408. The molecule has 0 aliphatic heterocycles. The Morgan fingerprint density at radius 3 is 2.69 bits per heavy atom. The first-order chi connectivity index (χ1) is 7.61. The van der Waals surface area contributed by atoms with Gasteiger partial charge in [-0.2, -0.15) is 0 Å². The smallest absolute Gasteiger partial charge is 0.251 e. The monoisotopic (exact) mass is 238 g/mol. The molecule has 2 rings (SSSR count). The highest BCUT2D eigenvalue weighted by Crippen LogP contribution is 2.26. The van der Waals surface area contributed by atoms with Gasteiger partial charge in [0.2, 0.25) is 0 Å². The minimum Gasteiger partial charge on any atom is -0.388 e. The van der Waals surface area contributed by atoms with Crippen LogP contribution in [0.5, 0.6) is 0 Å². The van der Waals surface area contributed by atoms with Crippen molar-refractivity contribution in [3.63, 3.8) is 0 Å². The first-order valence-corrected chi connectivity index (χ1v) is 5.78. The number of amides is 1. The number of halogens is 1. The zero-order valence-electron chi connectivity index (χ0n) is 9.43. The molecule has 1 fully saturated rings. The average molecular weight is 239 g/mol. The van der Waals surface area contributed by atoms with Gasteiger partial charge in [0.15, 0.2) is 0 Å². The van der Waals surface area contributed by atoms with E-state index in [4.69, 9.17) is 11.6 Å². The summed E-state index contributed by atoms with van der Waals surface area (Å²) in [6, 6.07) is 3.92. The summed E-state index contributed by atoms with van der Waals surface area (Å²) in [5, 5.41) is 6.60. The van der Waals surface area contributed by atoms with Crippen LogP contribution >= 0.6 is 11.6 Å². The van der Waals surface area contributed by atoms with Crippen molar-refractivity contribution in [1.82, 2.24) is 5.32 Å². The average Bonchev–Trinajstić information content (AvgIpc) is 3.05. The van der Waals surface area contributed by atoms with Gasteiger partial charge in [-0.25, -0.2) is 0 Å². The molecule has 1 aliphatic rings. The Morgan fingerprint density at radius 1 is 1.44 bits per heavy atom. The molecular weight excluding hydrogens is 224 g/mol. The van der Waals surface area contributed by atoms with Crippen LogP contribution in [0.1, 0.15) is 28.8 Å². The SMILES string of the molecule is CNc1cc(C(=O)NC2CC2)cc(Cl)c1C. The van der Waals surface area contributed by atoms with Gasteiger partial charge in [-0.15, -0.1) is 0 Å². The van der Waals surface area contributed by atoms with Crippen LogP contribution in [0.2, 0.25) is 5.02 Å². The molecule has 2 N–H and O–H groups in total. The Labute approximate surface area is 100 Å². The number of rotatable bonds is 3. The van der Waals surface area contributed by atoms with E-state index in [1.807, 2.05) is 20.0 Å². The second-order valence-electron chi connectivity index (χ2n) is 4.13. The highest BCUT2D eigenvalue weighted by atomic mass is 35.5. The molecule has 0 radical (unpaired) electrons. The number of carbonyl (C=O) groups excluding carboxylic acids is 1. The lowest BCUT2D eigenvalue weighted by atomic mass is 10.1. The predicted octanol–water partition coefficient (Wildman–Crippen LogP) is 2.58. The molecule has 0 aromatic heterocycles. The standard InChI is InChI=1S/C12H15ClN2O/c1-7-10(13)5-8(6-11(7)14-2)12(16)15-9-3-4-9/h5-6,9,14H,3-4H2,1-2H3,(H,15,16). The van der Waals surface area contributed by atoms with Gasteiger partial charge in [-0.1, -0.05) is 11.6 Å². The molecule has 3 nitrogen and oxygen atoms in total. The van der Waals surface area contributed by atoms with Crippen LogP contribution in [0.25, 0.3) is 0 Å². The number of nitrogens with one attached hydrogen (secondary N) is 2. The third kappa shape index (κ3) is 2.30. The molecule has 1 aromatic carbocycles. The van der Waals surface area contributed by atoms with E-state index in [-0.39, 0.29) is 5.91 Å². The summed E-state index contributed by atoms with van der Waals surface area (Å²) in [6.45, 7) is 1.93. The van der Waals surface area contributed by atoms with Crippen molar-refractivity contribution in [2.45, 2.75) is 25.8 Å². The van der Waals surface area contributed by atoms with Crippen molar-refractivity contribution in [2.75, 3.05) is 12.4 Å². The van der Waals surface area contributed by atoms with Crippen LogP contribution in [0.15, 0.2) is 12.1 Å². The van der Waals surface area contributed by atoms with E-state index in [9.17, 15) is 4.79 Å². The molecule has 0 saturated heterocycles. The molecule has 0 spiro atoms. The zero-order chi connectivity index (χ0) is 11.7. The van der Waals surface area contributed by atoms with Gasteiger partial charge in [0.05, 0.1) is 0 Å². The maximum atomic E-state index is 11.8. The first-order valence-electron chi connectivity index (χ1n) is 5.40. The molecule has 16 heavy (non-hydrogen) atoms. The van der Waals surface area contributed by atoms with E-state index in [0.29, 0.717) is 16.6 Å². The quantitative estimate of drug-likeness (QED) is 0.850. The molecular formula is C12H15ClN2O. The summed E-state index contributed by atoms with van der Waals surface area (Å²) in [5.74, 6) is -0.0408. The Balaban J connectivity index is 2.25. The summed E-state index contributed by atoms with van der Waals surface area (Å²) in [4.78, 5) is 11.8. The predicted molar refractivity (Wildman–Crippen MR) is 66.2 cm³/mol. The van der Waals surface area contributed by atoms with Gasteiger partial charge in [-0.05, 0) is 37.5 Å². The largest absolute Gasteiger partial charge is 0.388 e. The van der Waals surface area contributed by atoms with Crippen LogP contribution < -0.4 is 10.6 Å². The normalized spacial score (nSPS) is 14.7. The lowest BCUT2D eigenvalue weighted by molar-refractivity contribution is 0.0951. The maximum Gasteiger partial charge on any atom is 0.251 e. The van der Waals surface area contributed by atoms with Crippen molar-refractivity contribution < 1.29 is 4.79 Å². The number of carbonyl (C=O) groups is 1. The molecule has 1 saturated carbocycles. The summed E-state index contributed by atoms with van der Waals surface area (Å²) < 4.78 is 0. The fraction of sp³-hybridized carbons (Fsp3) is 0.417. The van der Waals surface area contributed by atoms with Crippen LogP contribution in [0, 0.1) is 6.92 Å². The van der Waals surface area contributed by atoms with Crippen molar-refractivity contribution in [1.29, 1.82) is 0 Å². The Kier molecular flexibility index (Phi) is 3.06. The van der Waals surface area contributed by atoms with Crippen LogP contribution in [0.4, 0.5) is 5.69 Å². The third-order valence-corrected chi connectivity index (χ3v) is 3.18. The molecule has 0 atom stereocenters. The molecule has 0 unspecified atom stereocenters. The van der Waals surface area contributed by atoms with E-state index in [0.717, 1.165) is 24.1 Å². The highest BCUT2D eigenvalue weighted by Gasteiger charge is 2.24. The Bertz CT molecular complexity index is 427. The van der Waals surface area contributed by atoms with Crippen molar-refractivity contribution in [2.24, 2.45) is 0 Å². The summed E-state index contributed by atoms with van der Waals surface area (Å²) in [7, 11) is 1.82. The fourth-order valence-corrected chi connectivity index (χ4v) is 1.79. The van der Waals surface area contributed by atoms with Gasteiger partial charge in [0, 0.05) is 29.4 Å². The molecule has 1 aliphatic carbocycles. The van der Waals surface area contributed by atoms with E-state index in [1.54, 1.807) is 6.07 Å². The van der Waals surface area contributed by atoms with E-state index in [1.165, 1.54) is 0 Å². The van der Waals surface area contributed by atoms with Crippen molar-refractivity contribution in [3.05, 3.63) is 28.3 Å². The third-order valence-electron chi connectivity index (χ3n) is 2.79. The molecule has 0 heterocycles. The van der Waals surface area contributed by atoms with E-state index in [2.05, 4.69) is 10.6 Å². The molecule has 4 heteroatoms. The number of anilines is 1. The van der Waals surface area contributed by atoms with Crippen LogP contribution in [-0.4, -0.2) is 19.0 Å². The van der Waals surface area contributed by atoms with Gasteiger partial charge in [0.1, 0.15) is 0 Å². The molecule has 86 valence electrons. The maximum absolute atomic E-state index is 11.8. The Hall–Kier alpha value is -1.22. The summed E-state index contributed by atoms with van der Waals surface area (Å²) in [5.41, 5.74) is 2.48. The minimum absolute atomic E-state index is 0.0408. The number of benzene rings is 1. The van der Waals surface area contributed by atoms with Crippen LogP contribution in [-0.2, 0) is 0 Å². The van der Waals surface area contributed by atoms with Gasteiger partial charge < -0.3 is 10.6 Å². The Morgan fingerprint density at radius 2 is 2.12 bits per heavy atom. The van der Waals surface area contributed by atoms with E-state index >= 15 is 0 Å². The van der Waals surface area contributed by atoms with Crippen molar-refractivity contribution in [3.8, 4) is 0 Å². The molecule has 1 aromatic rings. The van der Waals surface area contributed by atoms with Crippen molar-refractivity contribution >= 4 is 23.2 Å². The zero-order valence-corrected chi connectivity index (χ0v) is 10.2. The first kappa shape index (κ1) is 11.3. The van der Waals surface area contributed by atoms with Crippen LogP contribution in [0.3, 0.4) is 0 Å².